The Morgan fingerprint density at radius 3 is 2.48 bits per heavy atom. The van der Waals surface area contributed by atoms with Crippen LogP contribution >= 0.6 is 0 Å². The van der Waals surface area contributed by atoms with Crippen molar-refractivity contribution >= 4 is 11.6 Å². The zero-order valence-electron chi connectivity index (χ0n) is 14.5. The smallest absolute Gasteiger partial charge is 0.406 e. The molecular formula is C19H19F3N2O3. The van der Waals surface area contributed by atoms with E-state index in [4.69, 9.17) is 4.74 Å². The first-order valence-corrected chi connectivity index (χ1v) is 8.45. The van der Waals surface area contributed by atoms with Gasteiger partial charge in [0.15, 0.2) is 0 Å². The second-order valence-electron chi connectivity index (χ2n) is 6.12. The van der Waals surface area contributed by atoms with Crippen molar-refractivity contribution in [1.29, 1.82) is 0 Å². The van der Waals surface area contributed by atoms with Gasteiger partial charge in [0.1, 0.15) is 5.75 Å². The van der Waals surface area contributed by atoms with Crippen molar-refractivity contribution in [3.05, 3.63) is 59.7 Å². The van der Waals surface area contributed by atoms with E-state index in [1.165, 1.54) is 12.1 Å². The van der Waals surface area contributed by atoms with Crippen LogP contribution in [0.2, 0.25) is 0 Å². The van der Waals surface area contributed by atoms with E-state index < -0.39 is 12.3 Å². The number of hydrogen-bond donors (Lipinski definition) is 1. The van der Waals surface area contributed by atoms with Crippen molar-refractivity contribution in [1.82, 2.24) is 4.90 Å². The van der Waals surface area contributed by atoms with Crippen LogP contribution in [0.25, 0.3) is 0 Å². The Morgan fingerprint density at radius 1 is 1.11 bits per heavy atom. The van der Waals surface area contributed by atoms with Gasteiger partial charge in [-0.25, -0.2) is 0 Å². The first kappa shape index (κ1) is 19.2. The van der Waals surface area contributed by atoms with Crippen LogP contribution in [0.3, 0.4) is 0 Å². The summed E-state index contributed by atoms with van der Waals surface area (Å²) in [5.74, 6) is -0.774. The third-order valence-corrected chi connectivity index (χ3v) is 4.04. The molecule has 2 aromatic rings. The Morgan fingerprint density at radius 2 is 1.81 bits per heavy atom. The maximum Gasteiger partial charge on any atom is 0.573 e. The van der Waals surface area contributed by atoms with Gasteiger partial charge in [-0.2, -0.15) is 0 Å². The molecule has 0 aromatic heterocycles. The number of amides is 1. The van der Waals surface area contributed by atoms with E-state index in [1.54, 1.807) is 6.07 Å². The molecule has 1 heterocycles. The maximum atomic E-state index is 12.3. The Balaban J connectivity index is 1.61. The lowest BCUT2D eigenvalue weighted by Gasteiger charge is -2.26. The summed E-state index contributed by atoms with van der Waals surface area (Å²) in [7, 11) is 0. The lowest BCUT2D eigenvalue weighted by Crippen LogP contribution is -2.35. The number of carbonyl (C=O) groups is 1. The number of hydrogen-bond acceptors (Lipinski definition) is 4. The van der Waals surface area contributed by atoms with Crippen molar-refractivity contribution in [3.8, 4) is 5.75 Å². The molecule has 1 saturated heterocycles. The lowest BCUT2D eigenvalue weighted by atomic mass is 10.1. The van der Waals surface area contributed by atoms with E-state index in [0.29, 0.717) is 18.9 Å². The standard InChI is InChI=1S/C19H19F3N2O3/c20-19(21,22)27-17-6-4-15(5-7-17)18(25)23-16-3-1-2-14(12-16)13-24-8-10-26-11-9-24/h1-7,12H,8-11,13H2,(H,23,25). The number of morpholine rings is 1. The minimum Gasteiger partial charge on any atom is -0.406 e. The van der Waals surface area contributed by atoms with Crippen molar-refractivity contribution < 1.29 is 27.4 Å². The minimum atomic E-state index is -4.76. The summed E-state index contributed by atoms with van der Waals surface area (Å²) in [6.45, 7) is 3.91. The molecule has 0 aliphatic carbocycles. The Kier molecular flexibility index (Phi) is 5.98. The molecule has 144 valence electrons. The monoisotopic (exact) mass is 380 g/mol. The first-order valence-electron chi connectivity index (χ1n) is 8.45. The second-order valence-corrected chi connectivity index (χ2v) is 6.12. The van der Waals surface area contributed by atoms with Crippen molar-refractivity contribution in [2.24, 2.45) is 0 Å². The predicted molar refractivity (Wildman–Crippen MR) is 93.6 cm³/mol. The number of ether oxygens (including phenoxy) is 2. The Bertz CT molecular complexity index is 773. The van der Waals surface area contributed by atoms with Gasteiger partial charge in [-0.3, -0.25) is 9.69 Å². The van der Waals surface area contributed by atoms with Gasteiger partial charge in [-0.15, -0.1) is 13.2 Å². The summed E-state index contributed by atoms with van der Waals surface area (Å²) in [5.41, 5.74) is 1.92. The molecule has 27 heavy (non-hydrogen) atoms. The molecule has 1 amide bonds. The SMILES string of the molecule is O=C(Nc1cccc(CN2CCOCC2)c1)c1ccc(OC(F)(F)F)cc1. The molecule has 0 unspecified atom stereocenters. The van der Waals surface area contributed by atoms with Gasteiger partial charge in [0.05, 0.1) is 13.2 Å². The Labute approximate surface area is 154 Å². The largest absolute Gasteiger partial charge is 0.573 e. The zero-order valence-corrected chi connectivity index (χ0v) is 14.5. The topological polar surface area (TPSA) is 50.8 Å². The third-order valence-electron chi connectivity index (χ3n) is 4.04. The summed E-state index contributed by atoms with van der Waals surface area (Å²) in [5, 5.41) is 2.76. The van der Waals surface area contributed by atoms with Crippen LogP contribution in [0, 0.1) is 0 Å². The first-order chi connectivity index (χ1) is 12.9. The summed E-state index contributed by atoms with van der Waals surface area (Å²) < 4.78 is 45.7. The van der Waals surface area contributed by atoms with Gasteiger partial charge in [0.25, 0.3) is 5.91 Å². The lowest BCUT2D eigenvalue weighted by molar-refractivity contribution is -0.274. The minimum absolute atomic E-state index is 0.239. The van der Waals surface area contributed by atoms with E-state index in [0.717, 1.165) is 37.3 Å². The van der Waals surface area contributed by atoms with E-state index in [1.807, 2.05) is 18.2 Å². The molecule has 2 aromatic carbocycles. The maximum absolute atomic E-state index is 12.3. The molecule has 1 fully saturated rings. The van der Waals surface area contributed by atoms with Gasteiger partial charge in [0, 0.05) is 30.9 Å². The predicted octanol–water partition coefficient (Wildman–Crippen LogP) is 3.67. The summed E-state index contributed by atoms with van der Waals surface area (Å²) in [4.78, 5) is 14.6. The van der Waals surface area contributed by atoms with Gasteiger partial charge in [-0.1, -0.05) is 12.1 Å². The van der Waals surface area contributed by atoms with Gasteiger partial charge in [0.2, 0.25) is 0 Å². The number of rotatable bonds is 5. The fourth-order valence-electron chi connectivity index (χ4n) is 2.78. The highest BCUT2D eigenvalue weighted by molar-refractivity contribution is 6.04. The molecule has 5 nitrogen and oxygen atoms in total. The number of halogens is 3. The number of carbonyl (C=O) groups excluding carboxylic acids is 1. The van der Waals surface area contributed by atoms with Crippen LogP contribution in [0.1, 0.15) is 15.9 Å². The van der Waals surface area contributed by atoms with Crippen LogP contribution < -0.4 is 10.1 Å². The van der Waals surface area contributed by atoms with Crippen LogP contribution in [0.5, 0.6) is 5.75 Å². The zero-order chi connectivity index (χ0) is 19.3. The summed E-state index contributed by atoms with van der Waals surface area (Å²) in [6, 6.07) is 12.3. The molecule has 8 heteroatoms. The molecule has 0 spiro atoms. The molecule has 0 bridgehead atoms. The molecule has 3 rings (SSSR count). The fraction of sp³-hybridized carbons (Fsp3) is 0.316. The molecule has 1 N–H and O–H groups in total. The quantitative estimate of drug-likeness (QED) is 0.860. The van der Waals surface area contributed by atoms with E-state index in [9.17, 15) is 18.0 Å². The highest BCUT2D eigenvalue weighted by Crippen LogP contribution is 2.23. The van der Waals surface area contributed by atoms with E-state index >= 15 is 0 Å². The second kappa shape index (κ2) is 8.41. The van der Waals surface area contributed by atoms with Crippen LogP contribution in [0.15, 0.2) is 48.5 Å². The average molecular weight is 380 g/mol. The number of nitrogens with one attached hydrogen (secondary N) is 1. The molecule has 0 saturated carbocycles. The number of benzene rings is 2. The normalized spacial score (nSPS) is 15.4. The molecule has 1 aliphatic rings. The van der Waals surface area contributed by atoms with E-state index in [-0.39, 0.29) is 11.3 Å². The Hall–Kier alpha value is -2.58. The number of anilines is 1. The van der Waals surface area contributed by atoms with Crippen LogP contribution in [0.4, 0.5) is 18.9 Å². The molecular weight excluding hydrogens is 361 g/mol. The summed E-state index contributed by atoms with van der Waals surface area (Å²) >= 11 is 0. The van der Waals surface area contributed by atoms with Gasteiger partial charge < -0.3 is 14.8 Å². The number of alkyl halides is 3. The summed E-state index contributed by atoms with van der Waals surface area (Å²) in [6.07, 6.45) is -4.76. The molecule has 0 radical (unpaired) electrons. The molecule has 1 aliphatic heterocycles. The fourth-order valence-corrected chi connectivity index (χ4v) is 2.78. The van der Waals surface area contributed by atoms with Crippen LogP contribution in [-0.4, -0.2) is 43.5 Å². The highest BCUT2D eigenvalue weighted by Gasteiger charge is 2.31. The van der Waals surface area contributed by atoms with Crippen molar-refractivity contribution in [2.75, 3.05) is 31.6 Å². The molecule has 0 atom stereocenters. The average Bonchev–Trinajstić information content (AvgIpc) is 2.62. The van der Waals surface area contributed by atoms with Crippen molar-refractivity contribution in [2.45, 2.75) is 12.9 Å². The highest BCUT2D eigenvalue weighted by atomic mass is 19.4. The van der Waals surface area contributed by atoms with Gasteiger partial charge in [-0.05, 0) is 42.0 Å². The van der Waals surface area contributed by atoms with Crippen LogP contribution in [-0.2, 0) is 11.3 Å². The van der Waals surface area contributed by atoms with Crippen molar-refractivity contribution in [3.63, 3.8) is 0 Å². The third kappa shape index (κ3) is 5.97. The van der Waals surface area contributed by atoms with E-state index in [2.05, 4.69) is 15.0 Å². The van der Waals surface area contributed by atoms with Gasteiger partial charge >= 0.3 is 6.36 Å². The number of nitrogens with zero attached hydrogens (tertiary/aromatic N) is 1.